The van der Waals surface area contributed by atoms with E-state index in [1.807, 2.05) is 37.3 Å². The zero-order valence-corrected chi connectivity index (χ0v) is 13.3. The van der Waals surface area contributed by atoms with Gasteiger partial charge < -0.3 is 20.9 Å². The van der Waals surface area contributed by atoms with Crippen LogP contribution in [0.15, 0.2) is 48.5 Å². The van der Waals surface area contributed by atoms with E-state index in [1.165, 1.54) is 7.11 Å². The molecule has 5 heteroatoms. The van der Waals surface area contributed by atoms with Crippen molar-refractivity contribution in [2.75, 3.05) is 13.7 Å². The first-order chi connectivity index (χ1) is 11.0. The Bertz CT molecular complexity index is 656. The highest BCUT2D eigenvalue weighted by molar-refractivity contribution is 5.82. The van der Waals surface area contributed by atoms with Crippen molar-refractivity contribution < 1.29 is 14.6 Å². The van der Waals surface area contributed by atoms with E-state index in [0.29, 0.717) is 11.3 Å². The van der Waals surface area contributed by atoms with Gasteiger partial charge in [-0.2, -0.15) is 0 Å². The van der Waals surface area contributed by atoms with E-state index in [1.54, 1.807) is 18.2 Å². The third-order valence-corrected chi connectivity index (χ3v) is 3.69. The molecule has 0 saturated carbocycles. The topological polar surface area (TPSA) is 84.6 Å². The average molecular weight is 314 g/mol. The number of aryl methyl sites for hydroxylation is 1. The fourth-order valence-electron chi connectivity index (χ4n) is 2.28. The third kappa shape index (κ3) is 4.31. The molecule has 0 heterocycles. The molecule has 122 valence electrons. The summed E-state index contributed by atoms with van der Waals surface area (Å²) < 4.78 is 5.20. The summed E-state index contributed by atoms with van der Waals surface area (Å²) in [6.45, 7) is 2.04. The second-order valence-electron chi connectivity index (χ2n) is 5.39. The number of amides is 1. The molecule has 0 bridgehead atoms. The van der Waals surface area contributed by atoms with E-state index < -0.39 is 12.1 Å². The molecule has 2 rings (SSSR count). The largest absolute Gasteiger partial charge is 0.496 e. The fraction of sp³-hybridized carbons (Fsp3) is 0.278. The molecule has 0 spiro atoms. The molecule has 0 radical (unpaired) electrons. The molecule has 2 aromatic rings. The number of para-hydroxylation sites is 1. The molecule has 0 aliphatic carbocycles. The van der Waals surface area contributed by atoms with Crippen molar-refractivity contribution in [3.8, 4) is 5.75 Å². The Labute approximate surface area is 136 Å². The molecule has 5 nitrogen and oxygen atoms in total. The van der Waals surface area contributed by atoms with Gasteiger partial charge in [-0.1, -0.05) is 48.0 Å². The van der Waals surface area contributed by atoms with Gasteiger partial charge in [0.2, 0.25) is 5.91 Å². The molecule has 0 aliphatic rings. The Balaban J connectivity index is 1.96. The Morgan fingerprint density at radius 1 is 1.22 bits per heavy atom. The third-order valence-electron chi connectivity index (χ3n) is 3.69. The lowest BCUT2D eigenvalue weighted by Gasteiger charge is -2.17. The van der Waals surface area contributed by atoms with Gasteiger partial charge in [-0.25, -0.2) is 0 Å². The lowest BCUT2D eigenvalue weighted by Crippen LogP contribution is -2.36. The number of carbonyl (C=O) groups excluding carboxylic acids is 1. The number of hydrogen-bond acceptors (Lipinski definition) is 4. The highest BCUT2D eigenvalue weighted by Crippen LogP contribution is 2.24. The van der Waals surface area contributed by atoms with Crippen LogP contribution in [0.5, 0.6) is 5.75 Å². The first-order valence-corrected chi connectivity index (χ1v) is 7.43. The van der Waals surface area contributed by atoms with Crippen LogP contribution >= 0.6 is 0 Å². The minimum atomic E-state index is -0.861. The van der Waals surface area contributed by atoms with Crippen LogP contribution in [-0.2, 0) is 4.79 Å². The molecule has 0 saturated heterocycles. The van der Waals surface area contributed by atoms with Gasteiger partial charge in [0, 0.05) is 12.1 Å². The predicted octanol–water partition coefficient (Wildman–Crippen LogP) is 1.85. The van der Waals surface area contributed by atoms with Gasteiger partial charge in [0.1, 0.15) is 11.8 Å². The Morgan fingerprint density at radius 3 is 2.52 bits per heavy atom. The summed E-state index contributed by atoms with van der Waals surface area (Å²) in [7, 11) is 1.54. The van der Waals surface area contributed by atoms with Gasteiger partial charge in [0.05, 0.1) is 13.2 Å². The summed E-state index contributed by atoms with van der Waals surface area (Å²) in [4.78, 5) is 12.1. The zero-order chi connectivity index (χ0) is 16.8. The molecule has 4 N–H and O–H groups in total. The van der Waals surface area contributed by atoms with E-state index in [-0.39, 0.29) is 12.5 Å². The Hall–Kier alpha value is -2.37. The maximum Gasteiger partial charge on any atom is 0.241 e. The van der Waals surface area contributed by atoms with Crippen molar-refractivity contribution >= 4 is 5.91 Å². The lowest BCUT2D eigenvalue weighted by atomic mass is 10.0. The molecule has 0 aromatic heterocycles. The van der Waals surface area contributed by atoms with Crippen molar-refractivity contribution in [3.63, 3.8) is 0 Å². The number of nitrogens with two attached hydrogens (primary N) is 1. The number of carbonyl (C=O) groups is 1. The van der Waals surface area contributed by atoms with Gasteiger partial charge in [-0.05, 0) is 18.6 Å². The van der Waals surface area contributed by atoms with Crippen LogP contribution in [-0.4, -0.2) is 24.7 Å². The molecule has 1 amide bonds. The van der Waals surface area contributed by atoms with Crippen LogP contribution in [0, 0.1) is 6.92 Å². The van der Waals surface area contributed by atoms with E-state index in [4.69, 9.17) is 10.5 Å². The SMILES string of the molecule is COc1ccccc1C(O)CNC(=O)C(N)c1ccc(C)cc1. The summed E-state index contributed by atoms with van der Waals surface area (Å²) in [5.74, 6) is 0.250. The minimum absolute atomic E-state index is 0.0682. The van der Waals surface area contributed by atoms with E-state index in [0.717, 1.165) is 11.1 Å². The first kappa shape index (κ1) is 17.0. The van der Waals surface area contributed by atoms with E-state index >= 15 is 0 Å². The van der Waals surface area contributed by atoms with Gasteiger partial charge in [0.25, 0.3) is 0 Å². The van der Waals surface area contributed by atoms with Crippen LogP contribution in [0.3, 0.4) is 0 Å². The highest BCUT2D eigenvalue weighted by atomic mass is 16.5. The van der Waals surface area contributed by atoms with Crippen LogP contribution in [0.25, 0.3) is 0 Å². The standard InChI is InChI=1S/C18H22N2O3/c1-12-7-9-13(10-8-12)17(19)18(22)20-11-15(21)14-5-3-4-6-16(14)23-2/h3-10,15,17,21H,11,19H2,1-2H3,(H,20,22). The van der Waals surface area contributed by atoms with Crippen molar-refractivity contribution in [2.24, 2.45) is 5.73 Å². The summed E-state index contributed by atoms with van der Waals surface area (Å²) in [6.07, 6.45) is -0.861. The molecular weight excluding hydrogens is 292 g/mol. The Kier molecular flexibility index (Phi) is 5.73. The second-order valence-corrected chi connectivity index (χ2v) is 5.39. The molecular formula is C18H22N2O3. The molecule has 0 fully saturated rings. The first-order valence-electron chi connectivity index (χ1n) is 7.43. The lowest BCUT2D eigenvalue weighted by molar-refractivity contribution is -0.123. The second kappa shape index (κ2) is 7.76. The number of aliphatic hydroxyl groups excluding tert-OH is 1. The highest BCUT2D eigenvalue weighted by Gasteiger charge is 2.18. The van der Waals surface area contributed by atoms with Gasteiger partial charge in [0.15, 0.2) is 0 Å². The number of rotatable bonds is 6. The molecule has 2 aromatic carbocycles. The summed E-state index contributed by atoms with van der Waals surface area (Å²) in [5.41, 5.74) is 8.42. The van der Waals surface area contributed by atoms with Gasteiger partial charge in [-0.3, -0.25) is 4.79 Å². The number of nitrogens with one attached hydrogen (secondary N) is 1. The predicted molar refractivity (Wildman–Crippen MR) is 89.1 cm³/mol. The van der Waals surface area contributed by atoms with Crippen molar-refractivity contribution in [2.45, 2.75) is 19.1 Å². The minimum Gasteiger partial charge on any atom is -0.496 e. The molecule has 2 atom stereocenters. The van der Waals surface area contributed by atoms with Crippen molar-refractivity contribution in [1.29, 1.82) is 0 Å². The summed E-state index contributed by atoms with van der Waals surface area (Å²) in [6, 6.07) is 13.9. The van der Waals surface area contributed by atoms with E-state index in [2.05, 4.69) is 5.32 Å². The number of aliphatic hydroxyl groups is 1. The Morgan fingerprint density at radius 2 is 1.87 bits per heavy atom. The quantitative estimate of drug-likeness (QED) is 0.760. The number of hydrogen-bond donors (Lipinski definition) is 3. The normalized spacial score (nSPS) is 13.2. The van der Waals surface area contributed by atoms with Crippen LogP contribution in [0.1, 0.15) is 28.8 Å². The summed E-state index contributed by atoms with van der Waals surface area (Å²) in [5, 5.41) is 12.9. The molecule has 23 heavy (non-hydrogen) atoms. The van der Waals surface area contributed by atoms with E-state index in [9.17, 15) is 9.90 Å². The maximum atomic E-state index is 12.1. The fourth-order valence-corrected chi connectivity index (χ4v) is 2.28. The van der Waals surface area contributed by atoms with Crippen LogP contribution in [0.2, 0.25) is 0 Å². The van der Waals surface area contributed by atoms with Crippen molar-refractivity contribution in [1.82, 2.24) is 5.32 Å². The van der Waals surface area contributed by atoms with Gasteiger partial charge >= 0.3 is 0 Å². The number of methoxy groups -OCH3 is 1. The van der Waals surface area contributed by atoms with Gasteiger partial charge in [-0.15, -0.1) is 0 Å². The maximum absolute atomic E-state index is 12.1. The average Bonchev–Trinajstić information content (AvgIpc) is 2.59. The monoisotopic (exact) mass is 314 g/mol. The van der Waals surface area contributed by atoms with Crippen LogP contribution in [0.4, 0.5) is 0 Å². The number of benzene rings is 2. The van der Waals surface area contributed by atoms with Crippen molar-refractivity contribution in [3.05, 3.63) is 65.2 Å². The number of ether oxygens (including phenoxy) is 1. The van der Waals surface area contributed by atoms with Crippen LogP contribution < -0.4 is 15.8 Å². The smallest absolute Gasteiger partial charge is 0.241 e. The summed E-state index contributed by atoms with van der Waals surface area (Å²) >= 11 is 0. The zero-order valence-electron chi connectivity index (χ0n) is 13.3. The molecule has 2 unspecified atom stereocenters. The molecule has 0 aliphatic heterocycles.